The number of nitrogens with zero attached hydrogens (tertiary/aromatic N) is 3. The maximum Gasteiger partial charge on any atom is 0.274 e. The lowest BCUT2D eigenvalue weighted by molar-refractivity contribution is -0.140. The lowest BCUT2D eigenvalue weighted by atomic mass is 9.93. The van der Waals surface area contributed by atoms with Gasteiger partial charge >= 0.3 is 0 Å². The zero-order chi connectivity index (χ0) is 18.1. The fourth-order valence-corrected chi connectivity index (χ4v) is 3.82. The Morgan fingerprint density at radius 3 is 2.69 bits per heavy atom. The first-order chi connectivity index (χ1) is 12.6. The van der Waals surface area contributed by atoms with Crippen LogP contribution in [0.5, 0.6) is 0 Å². The zero-order valence-electron chi connectivity index (χ0n) is 14.3. The summed E-state index contributed by atoms with van der Waals surface area (Å²) in [6, 6.07) is 9.92. The summed E-state index contributed by atoms with van der Waals surface area (Å²) in [4.78, 5) is 46.8. The Morgan fingerprint density at radius 2 is 1.96 bits per heavy atom. The number of amides is 2. The van der Waals surface area contributed by atoms with Crippen molar-refractivity contribution in [1.29, 1.82) is 0 Å². The summed E-state index contributed by atoms with van der Waals surface area (Å²) in [5.74, 6) is -0.300. The van der Waals surface area contributed by atoms with E-state index in [9.17, 15) is 14.4 Å². The summed E-state index contributed by atoms with van der Waals surface area (Å²) in [7, 11) is 0. The first-order valence-electron chi connectivity index (χ1n) is 8.80. The van der Waals surface area contributed by atoms with Gasteiger partial charge in [-0.1, -0.05) is 30.3 Å². The van der Waals surface area contributed by atoms with Crippen molar-refractivity contribution in [2.45, 2.75) is 25.4 Å². The van der Waals surface area contributed by atoms with Crippen LogP contribution < -0.4 is 5.56 Å². The van der Waals surface area contributed by atoms with Crippen molar-refractivity contribution in [2.75, 3.05) is 13.1 Å². The highest BCUT2D eigenvalue weighted by molar-refractivity contribution is 5.93. The van der Waals surface area contributed by atoms with E-state index in [1.165, 1.54) is 6.20 Å². The van der Waals surface area contributed by atoms with Crippen molar-refractivity contribution in [2.24, 2.45) is 5.92 Å². The molecule has 1 aromatic carbocycles. The molecule has 26 heavy (non-hydrogen) atoms. The predicted molar refractivity (Wildman–Crippen MR) is 94.3 cm³/mol. The number of hydrogen-bond donors (Lipinski definition) is 1. The molecule has 0 saturated carbocycles. The summed E-state index contributed by atoms with van der Waals surface area (Å²) < 4.78 is 0. The van der Waals surface area contributed by atoms with Crippen LogP contribution >= 0.6 is 0 Å². The molecule has 3 aliphatic rings. The molecule has 3 aliphatic heterocycles. The lowest BCUT2D eigenvalue weighted by Crippen LogP contribution is -2.47. The molecule has 7 nitrogen and oxygen atoms in total. The van der Waals surface area contributed by atoms with Gasteiger partial charge in [0.1, 0.15) is 5.69 Å². The summed E-state index contributed by atoms with van der Waals surface area (Å²) in [6.45, 7) is 1.47. The van der Waals surface area contributed by atoms with E-state index in [-0.39, 0.29) is 35.0 Å². The topological polar surface area (TPSA) is 86.4 Å². The van der Waals surface area contributed by atoms with E-state index in [0.29, 0.717) is 19.6 Å². The Morgan fingerprint density at radius 1 is 1.15 bits per heavy atom. The van der Waals surface area contributed by atoms with Crippen LogP contribution in [-0.4, -0.2) is 50.7 Å². The van der Waals surface area contributed by atoms with Crippen LogP contribution in [0.2, 0.25) is 0 Å². The maximum atomic E-state index is 12.9. The van der Waals surface area contributed by atoms with Gasteiger partial charge in [-0.15, -0.1) is 0 Å². The molecule has 1 aromatic heterocycles. The second-order valence-electron chi connectivity index (χ2n) is 6.89. The smallest absolute Gasteiger partial charge is 0.274 e. The molecule has 0 unspecified atom stereocenters. The highest BCUT2D eigenvalue weighted by Gasteiger charge is 2.42. The van der Waals surface area contributed by atoms with Crippen LogP contribution in [0.4, 0.5) is 0 Å². The van der Waals surface area contributed by atoms with Gasteiger partial charge in [-0.05, 0) is 18.4 Å². The fourth-order valence-electron chi connectivity index (χ4n) is 3.82. The fraction of sp³-hybridized carbons (Fsp3) is 0.368. The van der Waals surface area contributed by atoms with Crippen molar-refractivity contribution in [3.8, 4) is 0 Å². The molecule has 2 bridgehead atoms. The van der Waals surface area contributed by atoms with Crippen LogP contribution in [0.1, 0.15) is 28.9 Å². The normalized spacial score (nSPS) is 22.4. The Balaban J connectivity index is 1.55. The summed E-state index contributed by atoms with van der Waals surface area (Å²) >= 11 is 0. The van der Waals surface area contributed by atoms with E-state index < -0.39 is 0 Å². The first kappa shape index (κ1) is 16.5. The largest absolute Gasteiger partial charge is 0.334 e. The molecule has 2 aromatic rings. The van der Waals surface area contributed by atoms with Gasteiger partial charge in [0.2, 0.25) is 5.91 Å². The van der Waals surface area contributed by atoms with Crippen molar-refractivity contribution in [1.82, 2.24) is 19.8 Å². The lowest BCUT2D eigenvalue weighted by Gasteiger charge is -2.36. The number of benzene rings is 1. The van der Waals surface area contributed by atoms with Gasteiger partial charge in [0, 0.05) is 31.9 Å². The van der Waals surface area contributed by atoms with E-state index in [1.807, 2.05) is 35.2 Å². The van der Waals surface area contributed by atoms with Gasteiger partial charge in [0.05, 0.1) is 12.1 Å². The SMILES string of the molecule is O=C(c1c[nH]c(=O)cn1)N1C[C@H]2CC[C@@H](C1)N(Cc1ccccc1)C2=O. The van der Waals surface area contributed by atoms with Gasteiger partial charge in [-0.3, -0.25) is 14.4 Å². The number of fused-ring (bicyclic) bond motifs is 4. The quantitative estimate of drug-likeness (QED) is 0.894. The molecule has 2 atom stereocenters. The molecule has 1 N–H and O–H groups in total. The molecular formula is C19H20N4O3. The minimum absolute atomic E-state index is 0.00756. The van der Waals surface area contributed by atoms with E-state index in [2.05, 4.69) is 9.97 Å². The standard InChI is InChI=1S/C19H20N4O3/c24-17-9-20-16(8-21-17)19(26)22-11-14-6-7-15(12-22)23(18(14)25)10-13-4-2-1-3-5-13/h1-5,8-9,14-15H,6-7,10-12H2,(H,21,24)/t14-,15+/m1/s1. The Bertz CT molecular complexity index is 859. The minimum Gasteiger partial charge on any atom is -0.334 e. The molecule has 0 spiro atoms. The number of hydrogen-bond acceptors (Lipinski definition) is 4. The monoisotopic (exact) mass is 352 g/mol. The molecule has 2 amide bonds. The third-order valence-corrected chi connectivity index (χ3v) is 5.17. The van der Waals surface area contributed by atoms with Crippen LogP contribution in [0.15, 0.2) is 47.5 Å². The number of H-pyrrole nitrogens is 1. The van der Waals surface area contributed by atoms with E-state index in [0.717, 1.165) is 24.6 Å². The van der Waals surface area contributed by atoms with E-state index >= 15 is 0 Å². The maximum absolute atomic E-state index is 12.9. The third-order valence-electron chi connectivity index (χ3n) is 5.17. The van der Waals surface area contributed by atoms with Crippen molar-refractivity contribution >= 4 is 11.8 Å². The number of rotatable bonds is 3. The summed E-state index contributed by atoms with van der Waals surface area (Å²) in [5.41, 5.74) is 0.947. The van der Waals surface area contributed by atoms with Crippen molar-refractivity contribution in [3.05, 3.63) is 64.3 Å². The molecule has 7 heteroatoms. The zero-order valence-corrected chi connectivity index (χ0v) is 14.3. The molecule has 0 radical (unpaired) electrons. The molecular weight excluding hydrogens is 332 g/mol. The van der Waals surface area contributed by atoms with Crippen LogP contribution in [-0.2, 0) is 11.3 Å². The Labute approximate surface area is 150 Å². The number of nitrogens with one attached hydrogen (secondary N) is 1. The van der Waals surface area contributed by atoms with Crippen LogP contribution in [0.25, 0.3) is 0 Å². The van der Waals surface area contributed by atoms with Crippen molar-refractivity contribution < 1.29 is 9.59 Å². The first-order valence-corrected chi connectivity index (χ1v) is 8.80. The van der Waals surface area contributed by atoms with Gasteiger partial charge in [-0.2, -0.15) is 0 Å². The highest BCUT2D eigenvalue weighted by atomic mass is 16.2. The average molecular weight is 352 g/mol. The number of carbonyl (C=O) groups is 2. The number of aromatic nitrogens is 2. The van der Waals surface area contributed by atoms with Gasteiger partial charge in [-0.25, -0.2) is 4.98 Å². The highest BCUT2D eigenvalue weighted by Crippen LogP contribution is 2.30. The third kappa shape index (κ3) is 3.12. The number of piperidine rings is 1. The summed E-state index contributed by atoms with van der Waals surface area (Å²) in [6.07, 6.45) is 4.14. The molecule has 134 valence electrons. The van der Waals surface area contributed by atoms with Gasteiger partial charge in [0.15, 0.2) is 0 Å². The molecule has 4 heterocycles. The average Bonchev–Trinajstić information content (AvgIpc) is 2.95. The van der Waals surface area contributed by atoms with E-state index in [4.69, 9.17) is 0 Å². The number of carbonyl (C=O) groups excluding carboxylic acids is 2. The molecule has 3 fully saturated rings. The molecule has 3 saturated heterocycles. The van der Waals surface area contributed by atoms with E-state index in [1.54, 1.807) is 4.90 Å². The van der Waals surface area contributed by atoms with Gasteiger partial charge in [0.25, 0.3) is 11.5 Å². The summed E-state index contributed by atoms with van der Waals surface area (Å²) in [5, 5.41) is 0. The minimum atomic E-state index is -0.346. The van der Waals surface area contributed by atoms with Crippen LogP contribution in [0.3, 0.4) is 0 Å². The number of aromatic amines is 1. The molecule has 0 aliphatic carbocycles. The Kier molecular flexibility index (Phi) is 4.28. The van der Waals surface area contributed by atoms with Crippen LogP contribution in [0, 0.1) is 5.92 Å². The van der Waals surface area contributed by atoms with Gasteiger partial charge < -0.3 is 14.8 Å². The van der Waals surface area contributed by atoms with Crippen molar-refractivity contribution in [3.63, 3.8) is 0 Å². The second kappa shape index (κ2) is 6.74. The molecule has 5 rings (SSSR count). The Hall–Kier alpha value is -2.96. The predicted octanol–water partition coefficient (Wildman–Crippen LogP) is 1.03. The second-order valence-corrected chi connectivity index (χ2v) is 6.89.